The standard InChI is InChI=1S/C25H15F5O7/c1-11(35-24-21(29)19(27)18(26)20(28)22(24)30)25(32)37-14-7-8-15-16(9-14)34-10-17(23(15)31)36-13-5-3-12(33-2)4-6-13/h3-11H,1-2H3. The van der Waals surface area contributed by atoms with Crippen LogP contribution in [0.5, 0.6) is 28.7 Å². The smallest absolute Gasteiger partial charge is 0.352 e. The Labute approximate surface area is 204 Å². The Kier molecular flexibility index (Phi) is 7.00. The van der Waals surface area contributed by atoms with Crippen molar-refractivity contribution in [2.24, 2.45) is 0 Å². The summed E-state index contributed by atoms with van der Waals surface area (Å²) in [5, 5.41) is 0.0801. The van der Waals surface area contributed by atoms with Gasteiger partial charge in [-0.2, -0.15) is 8.78 Å². The highest BCUT2D eigenvalue weighted by Gasteiger charge is 2.30. The molecule has 0 aliphatic carbocycles. The van der Waals surface area contributed by atoms with Crippen LogP contribution in [0.15, 0.2) is 57.9 Å². The van der Waals surface area contributed by atoms with Gasteiger partial charge in [-0.15, -0.1) is 0 Å². The zero-order valence-corrected chi connectivity index (χ0v) is 18.9. The molecule has 1 heterocycles. The van der Waals surface area contributed by atoms with Crippen molar-refractivity contribution >= 4 is 16.9 Å². The molecule has 1 unspecified atom stereocenters. The van der Waals surface area contributed by atoms with E-state index in [2.05, 4.69) is 4.74 Å². The lowest BCUT2D eigenvalue weighted by Crippen LogP contribution is -2.29. The predicted molar refractivity (Wildman–Crippen MR) is 118 cm³/mol. The van der Waals surface area contributed by atoms with Crippen LogP contribution in [0.2, 0.25) is 0 Å². The van der Waals surface area contributed by atoms with Crippen molar-refractivity contribution in [1.29, 1.82) is 0 Å². The Bertz CT molecular complexity index is 1520. The summed E-state index contributed by atoms with van der Waals surface area (Å²) in [4.78, 5) is 25.1. The Morgan fingerprint density at radius 2 is 1.41 bits per heavy atom. The van der Waals surface area contributed by atoms with Crippen LogP contribution < -0.4 is 24.4 Å². The second-order valence-electron chi connectivity index (χ2n) is 7.44. The second kappa shape index (κ2) is 10.2. The van der Waals surface area contributed by atoms with E-state index in [-0.39, 0.29) is 22.5 Å². The van der Waals surface area contributed by atoms with E-state index in [1.54, 1.807) is 24.3 Å². The molecular formula is C25H15F5O7. The average molecular weight is 522 g/mol. The van der Waals surface area contributed by atoms with E-state index in [4.69, 9.17) is 18.6 Å². The number of ether oxygens (including phenoxy) is 4. The Balaban J connectivity index is 1.50. The van der Waals surface area contributed by atoms with E-state index in [0.717, 1.165) is 13.2 Å². The number of benzene rings is 3. The van der Waals surface area contributed by atoms with Crippen molar-refractivity contribution < 1.29 is 50.1 Å². The summed E-state index contributed by atoms with van der Waals surface area (Å²) in [5.41, 5.74) is -0.524. The molecule has 0 N–H and O–H groups in total. The van der Waals surface area contributed by atoms with Crippen molar-refractivity contribution in [2.75, 3.05) is 7.11 Å². The fourth-order valence-corrected chi connectivity index (χ4v) is 3.11. The van der Waals surface area contributed by atoms with E-state index in [0.29, 0.717) is 11.5 Å². The molecule has 0 aliphatic heterocycles. The number of hydrogen-bond donors (Lipinski definition) is 0. The molecule has 0 bridgehead atoms. The first-order valence-electron chi connectivity index (χ1n) is 10.4. The number of hydrogen-bond acceptors (Lipinski definition) is 7. The number of carbonyl (C=O) groups is 1. The quantitative estimate of drug-likeness (QED) is 0.102. The van der Waals surface area contributed by atoms with Crippen LogP contribution in [-0.4, -0.2) is 19.2 Å². The number of esters is 1. The summed E-state index contributed by atoms with van der Waals surface area (Å²) >= 11 is 0. The molecule has 1 aromatic heterocycles. The summed E-state index contributed by atoms with van der Waals surface area (Å²) in [6.07, 6.45) is -0.730. The van der Waals surface area contributed by atoms with Gasteiger partial charge in [0.2, 0.25) is 40.3 Å². The molecule has 1 atom stereocenters. The van der Waals surface area contributed by atoms with Crippen molar-refractivity contribution in [1.82, 2.24) is 0 Å². The number of fused-ring (bicyclic) bond motifs is 1. The molecule has 0 aliphatic rings. The molecule has 0 amide bonds. The summed E-state index contributed by atoms with van der Waals surface area (Å²) in [6, 6.07) is 10.1. The maximum Gasteiger partial charge on any atom is 0.352 e. The maximum absolute atomic E-state index is 13.8. The number of methoxy groups -OCH3 is 1. The molecule has 4 aromatic rings. The second-order valence-corrected chi connectivity index (χ2v) is 7.44. The largest absolute Gasteiger partial charge is 0.497 e. The van der Waals surface area contributed by atoms with Crippen LogP contribution in [0.3, 0.4) is 0 Å². The van der Waals surface area contributed by atoms with Crippen LogP contribution in [0.25, 0.3) is 11.0 Å². The third-order valence-corrected chi connectivity index (χ3v) is 5.02. The minimum Gasteiger partial charge on any atom is -0.497 e. The topological polar surface area (TPSA) is 84.2 Å². The van der Waals surface area contributed by atoms with E-state index in [9.17, 15) is 31.5 Å². The molecule has 192 valence electrons. The third-order valence-electron chi connectivity index (χ3n) is 5.02. The van der Waals surface area contributed by atoms with Gasteiger partial charge in [-0.25, -0.2) is 18.0 Å². The van der Waals surface area contributed by atoms with Crippen molar-refractivity contribution in [2.45, 2.75) is 13.0 Å². The van der Waals surface area contributed by atoms with Gasteiger partial charge in [0.1, 0.15) is 29.1 Å². The Morgan fingerprint density at radius 3 is 2.03 bits per heavy atom. The molecule has 3 aromatic carbocycles. The molecule has 0 radical (unpaired) electrons. The first-order valence-corrected chi connectivity index (χ1v) is 10.4. The fraction of sp³-hybridized carbons (Fsp3) is 0.120. The highest BCUT2D eigenvalue weighted by molar-refractivity contribution is 5.82. The summed E-state index contributed by atoms with van der Waals surface area (Å²) in [5.74, 6) is -13.5. The molecular weight excluding hydrogens is 507 g/mol. The monoisotopic (exact) mass is 522 g/mol. The minimum atomic E-state index is -2.37. The summed E-state index contributed by atoms with van der Waals surface area (Å²) in [7, 11) is 1.50. The molecule has 4 rings (SSSR count). The highest BCUT2D eigenvalue weighted by Crippen LogP contribution is 2.30. The zero-order chi connectivity index (χ0) is 26.9. The van der Waals surface area contributed by atoms with Gasteiger partial charge < -0.3 is 23.4 Å². The lowest BCUT2D eigenvalue weighted by molar-refractivity contribution is -0.141. The first-order chi connectivity index (χ1) is 17.6. The maximum atomic E-state index is 13.8. The van der Waals surface area contributed by atoms with Crippen LogP contribution in [0.4, 0.5) is 22.0 Å². The molecule has 0 saturated carbocycles. The van der Waals surface area contributed by atoms with E-state index >= 15 is 0 Å². The lowest BCUT2D eigenvalue weighted by atomic mass is 10.2. The van der Waals surface area contributed by atoms with Gasteiger partial charge in [-0.05, 0) is 43.3 Å². The molecule has 37 heavy (non-hydrogen) atoms. The summed E-state index contributed by atoms with van der Waals surface area (Å²) < 4.78 is 93.2. The van der Waals surface area contributed by atoms with Crippen LogP contribution >= 0.6 is 0 Å². The summed E-state index contributed by atoms with van der Waals surface area (Å²) in [6.45, 7) is 0.977. The van der Waals surface area contributed by atoms with Gasteiger partial charge in [-0.3, -0.25) is 4.79 Å². The number of rotatable bonds is 7. The van der Waals surface area contributed by atoms with Crippen molar-refractivity contribution in [3.8, 4) is 28.7 Å². The van der Waals surface area contributed by atoms with Gasteiger partial charge >= 0.3 is 5.97 Å². The minimum absolute atomic E-state index is 0.00529. The third kappa shape index (κ3) is 5.03. The van der Waals surface area contributed by atoms with Gasteiger partial charge in [-0.1, -0.05) is 0 Å². The lowest BCUT2D eigenvalue weighted by Gasteiger charge is -2.15. The van der Waals surface area contributed by atoms with Gasteiger partial charge in [0.25, 0.3) is 0 Å². The van der Waals surface area contributed by atoms with Gasteiger partial charge in [0.15, 0.2) is 11.9 Å². The molecule has 0 fully saturated rings. The van der Waals surface area contributed by atoms with Crippen molar-refractivity contribution in [3.63, 3.8) is 0 Å². The van der Waals surface area contributed by atoms with E-state index in [1.807, 2.05) is 0 Å². The predicted octanol–water partition coefficient (Wildman–Crippen LogP) is 5.66. The van der Waals surface area contributed by atoms with E-state index < -0.39 is 52.3 Å². The normalized spacial score (nSPS) is 11.8. The number of halogens is 5. The Hall–Kier alpha value is -4.61. The fourth-order valence-electron chi connectivity index (χ4n) is 3.11. The van der Waals surface area contributed by atoms with Crippen LogP contribution in [0.1, 0.15) is 6.92 Å². The SMILES string of the molecule is COc1ccc(Oc2coc3cc(OC(=O)C(C)Oc4c(F)c(F)c(F)c(F)c4F)ccc3c2=O)cc1. The van der Waals surface area contributed by atoms with Crippen LogP contribution in [0, 0.1) is 29.1 Å². The van der Waals surface area contributed by atoms with Crippen molar-refractivity contribution in [3.05, 3.63) is 88.0 Å². The molecule has 7 nitrogen and oxygen atoms in total. The van der Waals surface area contributed by atoms with Gasteiger partial charge in [0.05, 0.1) is 12.5 Å². The molecule has 0 spiro atoms. The van der Waals surface area contributed by atoms with Gasteiger partial charge in [0, 0.05) is 6.07 Å². The first kappa shape index (κ1) is 25.5. The van der Waals surface area contributed by atoms with Crippen LogP contribution in [-0.2, 0) is 4.79 Å². The molecule has 12 heteroatoms. The van der Waals surface area contributed by atoms with E-state index in [1.165, 1.54) is 25.3 Å². The zero-order valence-electron chi connectivity index (χ0n) is 18.9. The molecule has 0 saturated heterocycles. The average Bonchev–Trinajstić information content (AvgIpc) is 2.90. The number of carbonyl (C=O) groups excluding carboxylic acids is 1. The highest BCUT2D eigenvalue weighted by atomic mass is 19.2. The Morgan fingerprint density at radius 1 is 0.838 bits per heavy atom.